The van der Waals surface area contributed by atoms with Crippen molar-refractivity contribution >= 4 is 0 Å². The molecule has 0 amide bonds. The van der Waals surface area contributed by atoms with Crippen molar-refractivity contribution in [2.24, 2.45) is 17.1 Å². The van der Waals surface area contributed by atoms with E-state index in [1.54, 1.807) is 0 Å². The molecule has 2 N–H and O–H groups in total. The molecule has 3 heteroatoms. The number of ether oxygens (including phenoxy) is 2. The van der Waals surface area contributed by atoms with Gasteiger partial charge in [-0.1, -0.05) is 27.7 Å². The fourth-order valence-electron chi connectivity index (χ4n) is 2.27. The van der Waals surface area contributed by atoms with E-state index in [0.717, 1.165) is 19.4 Å². The van der Waals surface area contributed by atoms with E-state index in [4.69, 9.17) is 15.2 Å². The van der Waals surface area contributed by atoms with Crippen LogP contribution in [0.5, 0.6) is 0 Å². The summed E-state index contributed by atoms with van der Waals surface area (Å²) in [7, 11) is 0. The van der Waals surface area contributed by atoms with Gasteiger partial charge in [-0.25, -0.2) is 0 Å². The zero-order valence-electron chi connectivity index (χ0n) is 15.2. The maximum absolute atomic E-state index is 6.15. The third-order valence-corrected chi connectivity index (χ3v) is 4.09. The van der Waals surface area contributed by atoms with E-state index in [0.29, 0.717) is 5.92 Å². The van der Waals surface area contributed by atoms with Crippen molar-refractivity contribution in [2.75, 3.05) is 6.61 Å². The Hall–Kier alpha value is -0.120. The van der Waals surface area contributed by atoms with Crippen LogP contribution in [0.3, 0.4) is 0 Å². The van der Waals surface area contributed by atoms with Gasteiger partial charge in [-0.2, -0.15) is 0 Å². The summed E-state index contributed by atoms with van der Waals surface area (Å²) in [5, 5.41) is 0. The summed E-state index contributed by atoms with van der Waals surface area (Å²) in [6.45, 7) is 20.0. The van der Waals surface area contributed by atoms with Crippen LogP contribution >= 0.6 is 0 Å². The molecule has 0 aliphatic rings. The van der Waals surface area contributed by atoms with Crippen LogP contribution in [0.1, 0.15) is 75.2 Å². The molecule has 1 atom stereocenters. The maximum atomic E-state index is 6.15. The van der Waals surface area contributed by atoms with E-state index in [-0.39, 0.29) is 17.1 Å². The third-order valence-electron chi connectivity index (χ3n) is 4.09. The second-order valence-corrected chi connectivity index (χ2v) is 8.16. The zero-order valence-corrected chi connectivity index (χ0v) is 15.2. The molecule has 0 saturated carbocycles. The van der Waals surface area contributed by atoms with Crippen LogP contribution in [-0.2, 0) is 9.47 Å². The smallest absolute Gasteiger partial charge is 0.111 e. The lowest BCUT2D eigenvalue weighted by molar-refractivity contribution is -0.134. The summed E-state index contributed by atoms with van der Waals surface area (Å²) in [5.74, 6) is 0.675. The molecule has 0 saturated heterocycles. The molecule has 20 heavy (non-hydrogen) atoms. The molecular formula is C17H37NO2. The second kappa shape index (κ2) is 7.24. The van der Waals surface area contributed by atoms with Crippen molar-refractivity contribution in [3.63, 3.8) is 0 Å². The highest BCUT2D eigenvalue weighted by Crippen LogP contribution is 2.39. The largest absolute Gasteiger partial charge is 0.375 e. The Bertz CT molecular complexity index is 277. The lowest BCUT2D eigenvalue weighted by Crippen LogP contribution is -2.46. The van der Waals surface area contributed by atoms with Crippen LogP contribution in [0.15, 0.2) is 0 Å². The molecular weight excluding hydrogens is 250 g/mol. The second-order valence-electron chi connectivity index (χ2n) is 8.16. The normalized spacial score (nSPS) is 15.8. The molecule has 0 aliphatic heterocycles. The molecule has 0 aromatic heterocycles. The fourth-order valence-corrected chi connectivity index (χ4v) is 2.27. The van der Waals surface area contributed by atoms with Crippen molar-refractivity contribution in [3.05, 3.63) is 0 Å². The summed E-state index contributed by atoms with van der Waals surface area (Å²) in [6.07, 6.45) is 2.13. The van der Waals surface area contributed by atoms with E-state index < -0.39 is 5.72 Å². The standard InChI is InChI=1S/C17H37NO2/c1-13(2)10-11-19-16(6,7)15(4,5)12-14(3)20-17(8,9)18/h13-14H,10-12,18H2,1-9H3. The number of nitrogens with two attached hydrogens (primary N) is 1. The van der Waals surface area contributed by atoms with Gasteiger partial charge in [-0.3, -0.25) is 0 Å². The van der Waals surface area contributed by atoms with E-state index >= 15 is 0 Å². The molecule has 3 nitrogen and oxygen atoms in total. The minimum absolute atomic E-state index is 0.0225. The first-order valence-corrected chi connectivity index (χ1v) is 7.87. The van der Waals surface area contributed by atoms with Crippen molar-refractivity contribution in [1.82, 2.24) is 0 Å². The number of rotatable bonds is 9. The molecule has 0 aromatic carbocycles. The number of hydrogen-bond donors (Lipinski definition) is 1. The Labute approximate surface area is 126 Å². The van der Waals surface area contributed by atoms with Gasteiger partial charge in [-0.05, 0) is 58.8 Å². The van der Waals surface area contributed by atoms with Gasteiger partial charge >= 0.3 is 0 Å². The molecule has 0 fully saturated rings. The molecule has 0 spiro atoms. The Balaban J connectivity index is 4.51. The van der Waals surface area contributed by atoms with Gasteiger partial charge in [0.2, 0.25) is 0 Å². The van der Waals surface area contributed by atoms with Crippen molar-refractivity contribution in [2.45, 2.75) is 92.6 Å². The lowest BCUT2D eigenvalue weighted by atomic mass is 9.73. The molecule has 0 bridgehead atoms. The van der Waals surface area contributed by atoms with E-state index in [2.05, 4.69) is 48.5 Å². The average Bonchev–Trinajstić information content (AvgIpc) is 2.11. The molecule has 1 unspecified atom stereocenters. The minimum atomic E-state index is -0.585. The molecule has 0 heterocycles. The fraction of sp³-hybridized carbons (Fsp3) is 1.00. The van der Waals surface area contributed by atoms with Crippen molar-refractivity contribution in [1.29, 1.82) is 0 Å². The average molecular weight is 287 g/mol. The Kier molecular flexibility index (Phi) is 7.19. The van der Waals surface area contributed by atoms with Gasteiger partial charge in [-0.15, -0.1) is 0 Å². The predicted octanol–water partition coefficient (Wildman–Crippen LogP) is 4.34. The first kappa shape index (κ1) is 19.9. The molecule has 0 rings (SSSR count). The van der Waals surface area contributed by atoms with E-state index in [1.807, 2.05) is 13.8 Å². The van der Waals surface area contributed by atoms with Crippen molar-refractivity contribution in [3.8, 4) is 0 Å². The Morgan fingerprint density at radius 1 is 0.950 bits per heavy atom. The molecule has 0 aliphatic carbocycles. The summed E-state index contributed by atoms with van der Waals surface area (Å²) >= 11 is 0. The molecule has 122 valence electrons. The summed E-state index contributed by atoms with van der Waals surface area (Å²) in [4.78, 5) is 0. The van der Waals surface area contributed by atoms with Gasteiger partial charge in [0.15, 0.2) is 0 Å². The van der Waals surface area contributed by atoms with Crippen molar-refractivity contribution < 1.29 is 9.47 Å². The van der Waals surface area contributed by atoms with Crippen LogP contribution in [-0.4, -0.2) is 24.0 Å². The molecule has 0 radical (unpaired) electrons. The van der Waals surface area contributed by atoms with Gasteiger partial charge in [0.05, 0.1) is 11.7 Å². The SMILES string of the molecule is CC(C)CCOC(C)(C)C(C)(C)CC(C)OC(C)(C)N. The van der Waals surface area contributed by atoms with E-state index in [1.165, 1.54) is 0 Å². The summed E-state index contributed by atoms with van der Waals surface area (Å²) < 4.78 is 12.0. The van der Waals surface area contributed by atoms with Gasteiger partial charge < -0.3 is 15.2 Å². The van der Waals surface area contributed by atoms with Crippen LogP contribution in [0.25, 0.3) is 0 Å². The highest BCUT2D eigenvalue weighted by Gasteiger charge is 2.39. The van der Waals surface area contributed by atoms with Crippen LogP contribution in [0.2, 0.25) is 0 Å². The van der Waals surface area contributed by atoms with Crippen LogP contribution in [0.4, 0.5) is 0 Å². The first-order valence-electron chi connectivity index (χ1n) is 7.87. The minimum Gasteiger partial charge on any atom is -0.375 e. The summed E-state index contributed by atoms with van der Waals surface area (Å²) in [5.41, 5.74) is 5.18. The van der Waals surface area contributed by atoms with E-state index in [9.17, 15) is 0 Å². The quantitative estimate of drug-likeness (QED) is 0.641. The van der Waals surface area contributed by atoms with Gasteiger partial charge in [0.1, 0.15) is 5.72 Å². The van der Waals surface area contributed by atoms with Gasteiger partial charge in [0, 0.05) is 6.61 Å². The van der Waals surface area contributed by atoms with Crippen LogP contribution in [0, 0.1) is 11.3 Å². The molecule has 0 aromatic rings. The Morgan fingerprint density at radius 2 is 1.45 bits per heavy atom. The lowest BCUT2D eigenvalue weighted by Gasteiger charge is -2.43. The maximum Gasteiger partial charge on any atom is 0.111 e. The third kappa shape index (κ3) is 7.61. The zero-order chi connectivity index (χ0) is 16.2. The first-order chi connectivity index (χ1) is 8.77. The topological polar surface area (TPSA) is 44.5 Å². The highest BCUT2D eigenvalue weighted by molar-refractivity contribution is 4.89. The monoisotopic (exact) mass is 287 g/mol. The highest BCUT2D eigenvalue weighted by atomic mass is 16.5. The van der Waals surface area contributed by atoms with Crippen LogP contribution < -0.4 is 5.73 Å². The summed E-state index contributed by atoms with van der Waals surface area (Å²) in [6, 6.07) is 0. The van der Waals surface area contributed by atoms with Gasteiger partial charge in [0.25, 0.3) is 0 Å². The Morgan fingerprint density at radius 3 is 1.85 bits per heavy atom. The predicted molar refractivity (Wildman–Crippen MR) is 86.7 cm³/mol. The number of hydrogen-bond acceptors (Lipinski definition) is 3.